The molecular formula is C13H15NO5S. The predicted octanol–water partition coefficient (Wildman–Crippen LogP) is 0.709. The average Bonchev–Trinajstić information content (AvgIpc) is 2.35. The molecule has 1 heterocycles. The highest BCUT2D eigenvalue weighted by atomic mass is 32.2. The van der Waals surface area contributed by atoms with Crippen molar-refractivity contribution < 1.29 is 23.1 Å². The maximum Gasteiger partial charge on any atom is 0.335 e. The number of carboxylic acids is 1. The maximum atomic E-state index is 11.9. The summed E-state index contributed by atoms with van der Waals surface area (Å²) < 4.78 is 22.4. The smallest absolute Gasteiger partial charge is 0.335 e. The van der Waals surface area contributed by atoms with Gasteiger partial charge < -0.3 is 10.0 Å². The molecule has 1 aliphatic rings. The summed E-state index contributed by atoms with van der Waals surface area (Å²) in [7, 11) is -3.16. The molecule has 0 saturated heterocycles. The fraction of sp³-hybridized carbons (Fsp3) is 0.385. The molecule has 6 nitrogen and oxygen atoms in total. The second-order valence-corrected chi connectivity index (χ2v) is 7.08. The third-order valence-electron chi connectivity index (χ3n) is 3.21. The lowest BCUT2D eigenvalue weighted by atomic mass is 9.99. The van der Waals surface area contributed by atoms with E-state index in [9.17, 15) is 18.0 Å². The number of hydrogen-bond donors (Lipinski definition) is 1. The molecule has 1 aromatic carbocycles. The molecule has 0 bridgehead atoms. The van der Waals surface area contributed by atoms with Crippen molar-refractivity contribution >= 4 is 27.4 Å². The minimum atomic E-state index is -3.16. The topological polar surface area (TPSA) is 91.8 Å². The van der Waals surface area contributed by atoms with Gasteiger partial charge in [0.25, 0.3) is 0 Å². The van der Waals surface area contributed by atoms with E-state index < -0.39 is 15.8 Å². The maximum absolute atomic E-state index is 11.9. The van der Waals surface area contributed by atoms with Gasteiger partial charge in [-0.3, -0.25) is 4.79 Å². The summed E-state index contributed by atoms with van der Waals surface area (Å²) in [5, 5.41) is 8.95. The van der Waals surface area contributed by atoms with Gasteiger partial charge >= 0.3 is 5.97 Å². The number of rotatable bonds is 4. The molecule has 0 aromatic heterocycles. The molecule has 0 radical (unpaired) electrons. The second-order valence-electron chi connectivity index (χ2n) is 4.82. The number of carbonyl (C=O) groups is 2. The van der Waals surface area contributed by atoms with Crippen molar-refractivity contribution in [3.8, 4) is 0 Å². The Hall–Kier alpha value is -1.89. The third-order valence-corrected chi connectivity index (χ3v) is 4.14. The first-order chi connectivity index (χ1) is 9.28. The van der Waals surface area contributed by atoms with Crippen LogP contribution in [0.15, 0.2) is 18.2 Å². The Balaban J connectivity index is 2.32. The van der Waals surface area contributed by atoms with Crippen LogP contribution in [0.4, 0.5) is 5.69 Å². The van der Waals surface area contributed by atoms with Gasteiger partial charge in [0, 0.05) is 24.9 Å². The number of aryl methyl sites for hydroxylation is 1. The van der Waals surface area contributed by atoms with Crippen molar-refractivity contribution in [3.05, 3.63) is 29.3 Å². The number of hydrogen-bond acceptors (Lipinski definition) is 4. The summed E-state index contributed by atoms with van der Waals surface area (Å²) in [6.45, 7) is 0.0943. The molecule has 1 N–H and O–H groups in total. The number of anilines is 1. The highest BCUT2D eigenvalue weighted by Crippen LogP contribution is 2.28. The summed E-state index contributed by atoms with van der Waals surface area (Å²) in [5.74, 6) is -1.27. The largest absolute Gasteiger partial charge is 0.478 e. The van der Waals surface area contributed by atoms with Crippen LogP contribution in [0.1, 0.15) is 22.3 Å². The summed E-state index contributed by atoms with van der Waals surface area (Å²) in [5.41, 5.74) is 1.54. The number of sulfone groups is 1. The summed E-state index contributed by atoms with van der Waals surface area (Å²) in [4.78, 5) is 24.3. The van der Waals surface area contributed by atoms with E-state index in [1.54, 1.807) is 6.07 Å². The molecule has 108 valence electrons. The van der Waals surface area contributed by atoms with Crippen molar-refractivity contribution in [1.82, 2.24) is 0 Å². The van der Waals surface area contributed by atoms with E-state index in [-0.39, 0.29) is 30.2 Å². The van der Waals surface area contributed by atoms with Crippen LogP contribution in [-0.4, -0.2) is 44.0 Å². The van der Waals surface area contributed by atoms with E-state index in [1.807, 2.05) is 0 Å². The molecule has 0 aliphatic carbocycles. The van der Waals surface area contributed by atoms with Gasteiger partial charge in [-0.1, -0.05) is 0 Å². The van der Waals surface area contributed by atoms with Crippen LogP contribution < -0.4 is 4.90 Å². The van der Waals surface area contributed by atoms with E-state index >= 15 is 0 Å². The van der Waals surface area contributed by atoms with E-state index in [4.69, 9.17) is 5.11 Å². The first kappa shape index (κ1) is 14.5. The molecule has 1 aromatic rings. The molecule has 0 unspecified atom stereocenters. The van der Waals surface area contributed by atoms with Crippen LogP contribution in [-0.2, 0) is 21.1 Å². The van der Waals surface area contributed by atoms with Crippen LogP contribution in [0.5, 0.6) is 0 Å². The lowest BCUT2D eigenvalue weighted by molar-refractivity contribution is -0.118. The van der Waals surface area contributed by atoms with Gasteiger partial charge in [0.2, 0.25) is 5.91 Å². The van der Waals surface area contributed by atoms with Gasteiger partial charge in [-0.25, -0.2) is 13.2 Å². The second kappa shape index (κ2) is 5.24. The van der Waals surface area contributed by atoms with Crippen LogP contribution in [0.2, 0.25) is 0 Å². The summed E-state index contributed by atoms with van der Waals surface area (Å²) in [6.07, 6.45) is 1.86. The quantitative estimate of drug-likeness (QED) is 0.883. The number of carbonyl (C=O) groups excluding carboxylic acids is 1. The number of fused-ring (bicyclic) bond motifs is 1. The van der Waals surface area contributed by atoms with Gasteiger partial charge in [0.15, 0.2) is 0 Å². The highest BCUT2D eigenvalue weighted by Gasteiger charge is 2.25. The zero-order chi connectivity index (χ0) is 14.9. The van der Waals surface area contributed by atoms with Crippen molar-refractivity contribution in [2.75, 3.05) is 23.5 Å². The lowest BCUT2D eigenvalue weighted by Crippen LogP contribution is -2.38. The van der Waals surface area contributed by atoms with Gasteiger partial charge in [-0.15, -0.1) is 0 Å². The molecule has 20 heavy (non-hydrogen) atoms. The Morgan fingerprint density at radius 1 is 1.35 bits per heavy atom. The first-order valence-corrected chi connectivity index (χ1v) is 8.18. The van der Waals surface area contributed by atoms with Crippen molar-refractivity contribution in [2.45, 2.75) is 12.8 Å². The number of benzene rings is 1. The van der Waals surface area contributed by atoms with Crippen LogP contribution in [0, 0.1) is 0 Å². The fourth-order valence-corrected chi connectivity index (χ4v) is 2.71. The molecule has 1 amide bonds. The van der Waals surface area contributed by atoms with Gasteiger partial charge in [0.1, 0.15) is 9.84 Å². The molecule has 0 fully saturated rings. The Morgan fingerprint density at radius 3 is 2.65 bits per heavy atom. The summed E-state index contributed by atoms with van der Waals surface area (Å²) >= 11 is 0. The monoisotopic (exact) mass is 297 g/mol. The van der Waals surface area contributed by atoms with Crippen LogP contribution >= 0.6 is 0 Å². The number of aromatic carboxylic acids is 1. The van der Waals surface area contributed by atoms with E-state index in [0.29, 0.717) is 12.1 Å². The molecule has 0 saturated carbocycles. The Bertz CT molecular complexity index is 665. The normalized spacial score (nSPS) is 15.1. The fourth-order valence-electron chi connectivity index (χ4n) is 2.20. The zero-order valence-electron chi connectivity index (χ0n) is 11.0. The van der Waals surface area contributed by atoms with Crippen molar-refractivity contribution in [1.29, 1.82) is 0 Å². The van der Waals surface area contributed by atoms with Gasteiger partial charge in [0.05, 0.1) is 11.3 Å². The molecule has 0 spiro atoms. The number of amides is 1. The number of carboxylic acid groups (broad SMARTS) is 1. The minimum absolute atomic E-state index is 0.0943. The van der Waals surface area contributed by atoms with E-state index in [1.165, 1.54) is 17.0 Å². The lowest BCUT2D eigenvalue weighted by Gasteiger charge is -2.29. The van der Waals surface area contributed by atoms with E-state index in [0.717, 1.165) is 11.8 Å². The van der Waals surface area contributed by atoms with Crippen molar-refractivity contribution in [2.24, 2.45) is 0 Å². The predicted molar refractivity (Wildman–Crippen MR) is 73.8 cm³/mol. The summed E-state index contributed by atoms with van der Waals surface area (Å²) in [6, 6.07) is 4.53. The first-order valence-electron chi connectivity index (χ1n) is 6.12. The Kier molecular flexibility index (Phi) is 3.80. The highest BCUT2D eigenvalue weighted by molar-refractivity contribution is 7.90. The van der Waals surface area contributed by atoms with Crippen LogP contribution in [0.25, 0.3) is 0 Å². The number of nitrogens with zero attached hydrogens (tertiary/aromatic N) is 1. The average molecular weight is 297 g/mol. The Morgan fingerprint density at radius 2 is 2.05 bits per heavy atom. The molecule has 2 rings (SSSR count). The minimum Gasteiger partial charge on any atom is -0.478 e. The molecule has 0 atom stereocenters. The standard InChI is InChI=1S/C13H15NO5S/c1-20(18,19)7-6-14-11-4-2-10(13(16)17)8-9(11)3-5-12(14)15/h2,4,8H,3,5-7H2,1H3,(H,16,17). The molecule has 1 aliphatic heterocycles. The van der Waals surface area contributed by atoms with Crippen LogP contribution in [0.3, 0.4) is 0 Å². The van der Waals surface area contributed by atoms with Gasteiger partial charge in [-0.05, 0) is 30.2 Å². The molecular weight excluding hydrogens is 282 g/mol. The van der Waals surface area contributed by atoms with Gasteiger partial charge in [-0.2, -0.15) is 0 Å². The Labute approximate surface area is 116 Å². The SMILES string of the molecule is CS(=O)(=O)CCN1C(=O)CCc2cc(C(=O)O)ccc21. The third kappa shape index (κ3) is 3.16. The van der Waals surface area contributed by atoms with E-state index in [2.05, 4.69) is 0 Å². The zero-order valence-corrected chi connectivity index (χ0v) is 11.8. The molecule has 7 heteroatoms. The van der Waals surface area contributed by atoms with Crippen molar-refractivity contribution in [3.63, 3.8) is 0 Å².